The highest BCUT2D eigenvalue weighted by molar-refractivity contribution is 14.0. The smallest absolute Gasteiger partial charge is 0.407 e. The van der Waals surface area contributed by atoms with E-state index in [0.29, 0.717) is 37.4 Å². The third-order valence-electron chi connectivity index (χ3n) is 3.73. The molecule has 0 aliphatic heterocycles. The lowest BCUT2D eigenvalue weighted by Crippen LogP contribution is -2.42. The van der Waals surface area contributed by atoms with Crippen molar-refractivity contribution in [3.05, 3.63) is 23.9 Å². The van der Waals surface area contributed by atoms with Crippen molar-refractivity contribution >= 4 is 36.0 Å². The topological polar surface area (TPSA) is 96.9 Å². The number of aromatic nitrogens is 1. The molecule has 0 saturated heterocycles. The summed E-state index contributed by atoms with van der Waals surface area (Å²) in [7, 11) is 1.70. The van der Waals surface area contributed by atoms with Gasteiger partial charge in [-0.15, -0.1) is 24.0 Å². The zero-order valence-corrected chi connectivity index (χ0v) is 19.4. The first-order valence-corrected chi connectivity index (χ1v) is 9.35. The Hall–Kier alpha value is -1.78. The van der Waals surface area contributed by atoms with E-state index in [4.69, 9.17) is 9.47 Å². The van der Waals surface area contributed by atoms with Crippen molar-refractivity contribution in [3.63, 3.8) is 0 Å². The number of pyridine rings is 1. The van der Waals surface area contributed by atoms with E-state index in [2.05, 4.69) is 25.9 Å². The number of carbonyl (C=O) groups is 1. The molecule has 1 aliphatic rings. The number of hydrogen-bond donors (Lipinski definition) is 3. The quantitative estimate of drug-likeness (QED) is 0.218. The summed E-state index contributed by atoms with van der Waals surface area (Å²) in [5.41, 5.74) is 0.562. The van der Waals surface area contributed by atoms with E-state index in [-0.39, 0.29) is 24.0 Å². The molecule has 1 fully saturated rings. The van der Waals surface area contributed by atoms with E-state index in [0.717, 1.165) is 12.2 Å². The van der Waals surface area contributed by atoms with Crippen molar-refractivity contribution in [2.24, 2.45) is 10.9 Å². The molecule has 1 aliphatic carbocycles. The highest BCUT2D eigenvalue weighted by Gasteiger charge is 2.22. The number of rotatable bonds is 8. The standard InChI is InChI=1S/C19H31N5O3.HI/c1-19(2,3)27-18(25)23-10-9-22-17(20-4)24-12-15-7-8-21-16(11-15)26-13-14-5-6-14;/h7-8,11,14H,5-6,9-10,12-13H2,1-4H3,(H,23,25)(H2,20,22,24);1H. The average molecular weight is 505 g/mol. The average Bonchev–Trinajstić information content (AvgIpc) is 3.42. The molecule has 1 aromatic heterocycles. The van der Waals surface area contributed by atoms with Crippen molar-refractivity contribution in [1.82, 2.24) is 20.9 Å². The Balaban J connectivity index is 0.00000392. The van der Waals surface area contributed by atoms with Gasteiger partial charge in [0, 0.05) is 38.9 Å². The van der Waals surface area contributed by atoms with Gasteiger partial charge in [0.05, 0.1) is 6.61 Å². The highest BCUT2D eigenvalue weighted by atomic mass is 127. The van der Waals surface area contributed by atoms with Crippen molar-refractivity contribution < 1.29 is 14.3 Å². The Morgan fingerprint density at radius 1 is 1.25 bits per heavy atom. The second kappa shape index (κ2) is 11.9. The first-order valence-electron chi connectivity index (χ1n) is 9.35. The predicted molar refractivity (Wildman–Crippen MR) is 120 cm³/mol. The summed E-state index contributed by atoms with van der Waals surface area (Å²) < 4.78 is 10.9. The zero-order chi connectivity index (χ0) is 19.7. The van der Waals surface area contributed by atoms with Gasteiger partial charge in [-0.2, -0.15) is 0 Å². The fraction of sp³-hybridized carbons (Fsp3) is 0.632. The van der Waals surface area contributed by atoms with Crippen LogP contribution in [0.15, 0.2) is 23.3 Å². The zero-order valence-electron chi connectivity index (χ0n) is 17.1. The molecule has 3 N–H and O–H groups in total. The van der Waals surface area contributed by atoms with Gasteiger partial charge in [0.2, 0.25) is 5.88 Å². The van der Waals surface area contributed by atoms with Crippen LogP contribution in [-0.4, -0.2) is 49.4 Å². The summed E-state index contributed by atoms with van der Waals surface area (Å²) in [4.78, 5) is 20.0. The van der Waals surface area contributed by atoms with Crippen LogP contribution < -0.4 is 20.7 Å². The van der Waals surface area contributed by atoms with Crippen LogP contribution in [0.3, 0.4) is 0 Å². The first-order chi connectivity index (χ1) is 12.9. The Bertz CT molecular complexity index is 645. The lowest BCUT2D eigenvalue weighted by Gasteiger charge is -2.20. The summed E-state index contributed by atoms with van der Waals surface area (Å²) in [6.45, 7) is 7.81. The number of nitrogens with zero attached hydrogens (tertiary/aromatic N) is 2. The SMILES string of the molecule is CN=C(NCCNC(=O)OC(C)(C)C)NCc1ccnc(OCC2CC2)c1.I. The normalized spacial score (nSPS) is 13.9. The van der Waals surface area contributed by atoms with Gasteiger partial charge in [0.15, 0.2) is 5.96 Å². The van der Waals surface area contributed by atoms with Crippen molar-refractivity contribution in [3.8, 4) is 5.88 Å². The van der Waals surface area contributed by atoms with Gasteiger partial charge in [-0.3, -0.25) is 4.99 Å². The number of ether oxygens (including phenoxy) is 2. The van der Waals surface area contributed by atoms with Crippen molar-refractivity contribution in [2.45, 2.75) is 45.8 Å². The molecule has 0 aromatic carbocycles. The monoisotopic (exact) mass is 505 g/mol. The van der Waals surface area contributed by atoms with E-state index in [9.17, 15) is 4.79 Å². The molecule has 1 amide bonds. The number of aliphatic imine (C=N–C) groups is 1. The van der Waals surface area contributed by atoms with E-state index in [1.165, 1.54) is 12.8 Å². The van der Waals surface area contributed by atoms with Crippen LogP contribution in [0.5, 0.6) is 5.88 Å². The van der Waals surface area contributed by atoms with Gasteiger partial charge < -0.3 is 25.4 Å². The minimum absolute atomic E-state index is 0. The number of carbonyl (C=O) groups excluding carboxylic acids is 1. The van der Waals surface area contributed by atoms with E-state index < -0.39 is 11.7 Å². The first kappa shape index (κ1) is 24.3. The molecule has 1 saturated carbocycles. The van der Waals surface area contributed by atoms with Gasteiger partial charge in [-0.1, -0.05) is 0 Å². The Labute approximate surface area is 184 Å². The molecule has 0 atom stereocenters. The van der Waals surface area contributed by atoms with Crippen LogP contribution in [-0.2, 0) is 11.3 Å². The predicted octanol–water partition coefficient (Wildman–Crippen LogP) is 2.68. The maximum absolute atomic E-state index is 11.6. The minimum Gasteiger partial charge on any atom is -0.477 e. The molecule has 0 spiro atoms. The van der Waals surface area contributed by atoms with Gasteiger partial charge >= 0.3 is 6.09 Å². The fourth-order valence-corrected chi connectivity index (χ4v) is 2.19. The Morgan fingerprint density at radius 3 is 2.61 bits per heavy atom. The molecule has 28 heavy (non-hydrogen) atoms. The van der Waals surface area contributed by atoms with E-state index in [1.54, 1.807) is 13.2 Å². The summed E-state index contributed by atoms with van der Waals surface area (Å²) in [6, 6.07) is 3.88. The number of nitrogens with one attached hydrogen (secondary N) is 3. The molecule has 1 heterocycles. The molecule has 2 rings (SSSR count). The minimum atomic E-state index is -0.499. The number of guanidine groups is 1. The maximum atomic E-state index is 11.6. The summed E-state index contributed by atoms with van der Waals surface area (Å²) in [5.74, 6) is 2.01. The molecule has 9 heteroatoms. The highest BCUT2D eigenvalue weighted by Crippen LogP contribution is 2.29. The molecule has 0 radical (unpaired) electrons. The molecule has 8 nitrogen and oxygen atoms in total. The number of amides is 1. The molecular formula is C19H32IN5O3. The summed E-state index contributed by atoms with van der Waals surface area (Å²) in [6.07, 6.45) is 3.83. The largest absolute Gasteiger partial charge is 0.477 e. The van der Waals surface area contributed by atoms with E-state index in [1.807, 2.05) is 32.9 Å². The lowest BCUT2D eigenvalue weighted by atomic mass is 10.2. The third-order valence-corrected chi connectivity index (χ3v) is 3.73. The fourth-order valence-electron chi connectivity index (χ4n) is 2.19. The summed E-state index contributed by atoms with van der Waals surface area (Å²) >= 11 is 0. The van der Waals surface area contributed by atoms with Crippen LogP contribution in [0.4, 0.5) is 4.79 Å². The number of alkyl carbamates (subject to hydrolysis) is 1. The van der Waals surface area contributed by atoms with Gasteiger partial charge in [0.25, 0.3) is 0 Å². The third kappa shape index (κ3) is 10.5. The Kier molecular flexibility index (Phi) is 10.3. The van der Waals surface area contributed by atoms with Crippen LogP contribution in [0.2, 0.25) is 0 Å². The molecular weight excluding hydrogens is 473 g/mol. The number of hydrogen-bond acceptors (Lipinski definition) is 5. The maximum Gasteiger partial charge on any atom is 0.407 e. The molecule has 158 valence electrons. The van der Waals surface area contributed by atoms with Crippen molar-refractivity contribution in [1.29, 1.82) is 0 Å². The van der Waals surface area contributed by atoms with Crippen molar-refractivity contribution in [2.75, 3.05) is 26.7 Å². The molecule has 0 bridgehead atoms. The van der Waals surface area contributed by atoms with Gasteiger partial charge in [0.1, 0.15) is 5.60 Å². The summed E-state index contributed by atoms with van der Waals surface area (Å²) in [5, 5.41) is 9.07. The lowest BCUT2D eigenvalue weighted by molar-refractivity contribution is 0.0529. The van der Waals surface area contributed by atoms with Gasteiger partial charge in [-0.05, 0) is 51.2 Å². The van der Waals surface area contributed by atoms with E-state index >= 15 is 0 Å². The Morgan fingerprint density at radius 2 is 1.96 bits per heavy atom. The van der Waals surface area contributed by atoms with Gasteiger partial charge in [-0.25, -0.2) is 9.78 Å². The van der Waals surface area contributed by atoms with Crippen LogP contribution in [0.1, 0.15) is 39.2 Å². The van der Waals surface area contributed by atoms with Crippen LogP contribution in [0.25, 0.3) is 0 Å². The molecule has 1 aromatic rings. The van der Waals surface area contributed by atoms with Crippen LogP contribution >= 0.6 is 24.0 Å². The second-order valence-electron chi connectivity index (χ2n) is 7.54. The van der Waals surface area contributed by atoms with Crippen LogP contribution in [0, 0.1) is 5.92 Å². The molecule has 0 unspecified atom stereocenters. The number of halogens is 1. The second-order valence-corrected chi connectivity index (χ2v) is 7.54.